The summed E-state index contributed by atoms with van der Waals surface area (Å²) in [6.45, 7) is 1.98. The molecule has 0 saturated carbocycles. The van der Waals surface area contributed by atoms with Crippen LogP contribution in [0.2, 0.25) is 0 Å². The van der Waals surface area contributed by atoms with Crippen molar-refractivity contribution in [2.24, 2.45) is 5.10 Å². The Morgan fingerprint density at radius 3 is 2.82 bits per heavy atom. The average Bonchev–Trinajstić information content (AvgIpc) is 3.27. The fourth-order valence-corrected chi connectivity index (χ4v) is 4.09. The Labute approximate surface area is 200 Å². The van der Waals surface area contributed by atoms with Crippen molar-refractivity contribution >= 4 is 39.5 Å². The highest BCUT2D eigenvalue weighted by Crippen LogP contribution is 2.28. The maximum atomic E-state index is 13.9. The number of hydrogen-bond donors (Lipinski definition) is 2. The summed E-state index contributed by atoms with van der Waals surface area (Å²) in [4.78, 5) is 25.3. The van der Waals surface area contributed by atoms with Crippen LogP contribution in [0.5, 0.6) is 11.5 Å². The molecule has 0 saturated heterocycles. The van der Waals surface area contributed by atoms with Gasteiger partial charge in [0.05, 0.1) is 31.2 Å². The lowest BCUT2D eigenvalue weighted by atomic mass is 10.2. The number of halogens is 1. The van der Waals surface area contributed by atoms with Gasteiger partial charge in [0.25, 0.3) is 11.8 Å². The average molecular weight is 488 g/mol. The lowest BCUT2D eigenvalue weighted by Gasteiger charge is -2.17. The van der Waals surface area contributed by atoms with Crippen LogP contribution in [0, 0.1) is 5.82 Å². The van der Waals surface area contributed by atoms with E-state index in [1.54, 1.807) is 23.6 Å². The van der Waals surface area contributed by atoms with Crippen LogP contribution in [0.4, 0.5) is 4.39 Å². The number of ether oxygens (including phenoxy) is 2. The molecule has 1 aromatic heterocycles. The van der Waals surface area contributed by atoms with E-state index < -0.39 is 5.91 Å². The molecule has 8 nitrogen and oxygen atoms in total. The molecule has 0 spiro atoms. The highest BCUT2D eigenvalue weighted by atomic mass is 32.1. The highest BCUT2D eigenvalue weighted by molar-refractivity contribution is 7.17. The Bertz CT molecular complexity index is 1180. The Morgan fingerprint density at radius 2 is 2.09 bits per heavy atom. The van der Waals surface area contributed by atoms with E-state index in [4.69, 9.17) is 14.6 Å². The number of benzene rings is 2. The number of carbonyl (C=O) groups excluding carboxylic acids is 2. The molecular weight excluding hydrogens is 461 g/mol. The summed E-state index contributed by atoms with van der Waals surface area (Å²) in [5, 5.41) is 19.6. The molecule has 0 bridgehead atoms. The third kappa shape index (κ3) is 6.09. The zero-order valence-corrected chi connectivity index (χ0v) is 19.7. The van der Waals surface area contributed by atoms with Gasteiger partial charge in [-0.3, -0.25) is 9.59 Å². The van der Waals surface area contributed by atoms with E-state index in [-0.39, 0.29) is 31.5 Å². The summed E-state index contributed by atoms with van der Waals surface area (Å²) in [5.74, 6) is -0.402. The number of aliphatic hydroxyl groups is 1. The zero-order chi connectivity index (χ0) is 24.5. The predicted octanol–water partition coefficient (Wildman–Crippen LogP) is 3.42. The summed E-state index contributed by atoms with van der Waals surface area (Å²) >= 11 is 1.28. The number of nitrogens with one attached hydrogen (secondary N) is 1. The first-order chi connectivity index (χ1) is 16.5. The minimum absolute atomic E-state index is 0.0975. The molecule has 0 aliphatic heterocycles. The molecule has 0 radical (unpaired) electrons. The molecule has 3 rings (SSSR count). The van der Waals surface area contributed by atoms with E-state index >= 15 is 0 Å². The molecule has 1 heterocycles. The van der Waals surface area contributed by atoms with Crippen molar-refractivity contribution in [3.8, 4) is 11.5 Å². The van der Waals surface area contributed by atoms with E-state index in [1.165, 1.54) is 47.9 Å². The quantitative estimate of drug-likeness (QED) is 0.319. The Kier molecular flexibility index (Phi) is 8.94. The van der Waals surface area contributed by atoms with Crippen LogP contribution in [0.25, 0.3) is 10.1 Å². The largest absolute Gasteiger partial charge is 0.493 e. The van der Waals surface area contributed by atoms with Gasteiger partial charge in [0, 0.05) is 28.4 Å². The number of thiophene rings is 1. The molecule has 0 aliphatic carbocycles. The number of aliphatic hydroxyl groups excluding tert-OH is 1. The normalized spacial score (nSPS) is 11.1. The van der Waals surface area contributed by atoms with Crippen LogP contribution in [0.15, 0.2) is 46.9 Å². The van der Waals surface area contributed by atoms with Gasteiger partial charge >= 0.3 is 0 Å². The molecule has 0 aliphatic rings. The van der Waals surface area contributed by atoms with Gasteiger partial charge in [0.2, 0.25) is 0 Å². The predicted molar refractivity (Wildman–Crippen MR) is 129 cm³/mol. The van der Waals surface area contributed by atoms with Gasteiger partial charge < -0.3 is 19.9 Å². The first-order valence-corrected chi connectivity index (χ1v) is 11.6. The van der Waals surface area contributed by atoms with Gasteiger partial charge in [-0.25, -0.2) is 9.40 Å². The molecule has 0 atom stereocenters. The Balaban J connectivity index is 1.65. The van der Waals surface area contributed by atoms with Gasteiger partial charge in [-0.05, 0) is 30.7 Å². The maximum absolute atomic E-state index is 13.9. The van der Waals surface area contributed by atoms with Crippen molar-refractivity contribution in [2.75, 3.05) is 33.4 Å². The summed E-state index contributed by atoms with van der Waals surface area (Å²) < 4.78 is 25.0. The molecule has 34 heavy (non-hydrogen) atoms. The lowest BCUT2D eigenvalue weighted by Crippen LogP contribution is -2.38. The number of carbonyl (C=O) groups is 2. The van der Waals surface area contributed by atoms with Crippen molar-refractivity contribution in [2.45, 2.75) is 13.3 Å². The van der Waals surface area contributed by atoms with E-state index in [0.717, 1.165) is 5.39 Å². The second-order valence-electron chi connectivity index (χ2n) is 7.19. The smallest absolute Gasteiger partial charge is 0.262 e. The highest BCUT2D eigenvalue weighted by Gasteiger charge is 2.16. The molecule has 0 fully saturated rings. The van der Waals surface area contributed by atoms with Gasteiger partial charge in [-0.15, -0.1) is 11.3 Å². The molecule has 0 unspecified atom stereocenters. The van der Waals surface area contributed by atoms with Crippen LogP contribution in [0.3, 0.4) is 0 Å². The van der Waals surface area contributed by atoms with Crippen LogP contribution < -0.4 is 14.8 Å². The molecule has 2 amide bonds. The number of nitrogens with zero attached hydrogens (tertiary/aromatic N) is 2. The number of hydrogen-bond acceptors (Lipinski definition) is 7. The van der Waals surface area contributed by atoms with E-state index in [2.05, 4.69) is 10.4 Å². The third-order valence-corrected chi connectivity index (χ3v) is 5.84. The minimum atomic E-state index is -0.458. The van der Waals surface area contributed by atoms with Gasteiger partial charge in [-0.1, -0.05) is 19.1 Å². The first-order valence-electron chi connectivity index (χ1n) is 10.7. The van der Waals surface area contributed by atoms with Crippen molar-refractivity contribution < 1.29 is 28.6 Å². The van der Waals surface area contributed by atoms with E-state index in [1.807, 2.05) is 6.92 Å². The van der Waals surface area contributed by atoms with Crippen LogP contribution in [0.1, 0.15) is 29.3 Å². The maximum Gasteiger partial charge on any atom is 0.262 e. The van der Waals surface area contributed by atoms with Crippen LogP contribution >= 0.6 is 11.3 Å². The van der Waals surface area contributed by atoms with Gasteiger partial charge in [0.15, 0.2) is 11.5 Å². The Morgan fingerprint density at radius 1 is 1.26 bits per heavy atom. The molecular formula is C24H26FN3O5S. The van der Waals surface area contributed by atoms with E-state index in [9.17, 15) is 14.0 Å². The third-order valence-electron chi connectivity index (χ3n) is 4.82. The Hall–Kier alpha value is -3.50. The van der Waals surface area contributed by atoms with Crippen molar-refractivity contribution in [1.29, 1.82) is 0 Å². The van der Waals surface area contributed by atoms with Gasteiger partial charge in [-0.2, -0.15) is 5.10 Å². The molecule has 2 aromatic carbocycles. The fourth-order valence-electron chi connectivity index (χ4n) is 3.17. The number of hydrazone groups is 1. The monoisotopic (exact) mass is 487 g/mol. The number of methoxy groups -OCH3 is 1. The topological polar surface area (TPSA) is 100 Å². The zero-order valence-electron chi connectivity index (χ0n) is 18.9. The summed E-state index contributed by atoms with van der Waals surface area (Å²) in [6, 6.07) is 9.43. The standard InChI is InChI=1S/C24H26FN3O5S/c1-3-9-28(27-13-17-15-34-23-18(17)5-4-6-19(23)25)22(30)14-26-24(31)16-7-8-20(33-11-10-29)21(12-16)32-2/h4-8,12-13,15,29H,3,9-11,14H2,1-2H3,(H,26,31). The summed E-state index contributed by atoms with van der Waals surface area (Å²) in [5.41, 5.74) is 1.01. The number of amides is 2. The minimum Gasteiger partial charge on any atom is -0.493 e. The van der Waals surface area contributed by atoms with Crippen LogP contribution in [-0.2, 0) is 4.79 Å². The summed E-state index contributed by atoms with van der Waals surface area (Å²) in [7, 11) is 1.44. The van der Waals surface area contributed by atoms with Crippen molar-refractivity contribution in [3.63, 3.8) is 0 Å². The van der Waals surface area contributed by atoms with Crippen molar-refractivity contribution in [1.82, 2.24) is 10.3 Å². The first kappa shape index (κ1) is 25.1. The number of rotatable bonds is 11. The second-order valence-corrected chi connectivity index (χ2v) is 8.07. The molecule has 180 valence electrons. The number of fused-ring (bicyclic) bond motifs is 1. The van der Waals surface area contributed by atoms with Gasteiger partial charge in [0.1, 0.15) is 12.4 Å². The fraction of sp³-hybridized carbons (Fsp3) is 0.292. The second kappa shape index (κ2) is 12.1. The lowest BCUT2D eigenvalue weighted by molar-refractivity contribution is -0.130. The van der Waals surface area contributed by atoms with Crippen LogP contribution in [-0.4, -0.2) is 61.6 Å². The van der Waals surface area contributed by atoms with E-state index in [0.29, 0.717) is 40.3 Å². The van der Waals surface area contributed by atoms with Crippen molar-refractivity contribution in [3.05, 3.63) is 58.7 Å². The molecule has 2 N–H and O–H groups in total. The summed E-state index contributed by atoms with van der Waals surface area (Å²) in [6.07, 6.45) is 2.20. The molecule has 3 aromatic rings. The molecule has 10 heteroatoms. The SMILES string of the molecule is CCCN(N=Cc1csc2c(F)cccc12)C(=O)CNC(=O)c1ccc(OCCO)c(OC)c1.